The highest BCUT2D eigenvalue weighted by Gasteiger charge is 2.27. The van der Waals surface area contributed by atoms with Gasteiger partial charge in [-0.05, 0) is 60.5 Å². The molecule has 22 nitrogen and oxygen atoms in total. The lowest BCUT2D eigenvalue weighted by Crippen LogP contribution is -2.44. The number of para-hydroxylation sites is 1. The Morgan fingerprint density at radius 2 is 1.38 bits per heavy atom. The molecule has 1 aromatic heterocycles. The lowest BCUT2D eigenvalue weighted by molar-refractivity contribution is -0.870. The van der Waals surface area contributed by atoms with Crippen LogP contribution in [0.5, 0.6) is 0 Å². The highest BCUT2D eigenvalue weighted by atomic mass is 31.2. The third-order valence-corrected chi connectivity index (χ3v) is 10.5. The fourth-order valence-corrected chi connectivity index (χ4v) is 6.71. The van der Waals surface area contributed by atoms with Gasteiger partial charge in [0, 0.05) is 29.3 Å². The minimum Gasteiger partial charge on any atom is -0.756 e. The van der Waals surface area contributed by atoms with Crippen molar-refractivity contribution in [2.75, 3.05) is 76.1 Å². The number of benzene rings is 4. The van der Waals surface area contributed by atoms with Gasteiger partial charge in [-0.1, -0.05) is 54.6 Å². The molecule has 0 aliphatic rings. The van der Waals surface area contributed by atoms with Crippen molar-refractivity contribution in [3.8, 4) is 0 Å². The number of hydrogen-bond donors (Lipinski definition) is 5. The summed E-state index contributed by atoms with van der Waals surface area (Å²) in [5, 5.41) is 24.8. The summed E-state index contributed by atoms with van der Waals surface area (Å²) < 4.78 is 22.3. The zero-order chi connectivity index (χ0) is 49.4. The number of hydrogen-bond acceptors (Lipinski definition) is 15. The number of carbonyl (C=O) groups excluding carboxylic acids is 6. The van der Waals surface area contributed by atoms with Gasteiger partial charge in [-0.25, -0.2) is 9.88 Å². The molecule has 5 rings (SSSR count). The van der Waals surface area contributed by atoms with Gasteiger partial charge in [-0.2, -0.15) is 4.98 Å². The van der Waals surface area contributed by atoms with Crippen LogP contribution in [0.2, 0.25) is 0 Å². The first-order valence-corrected chi connectivity index (χ1v) is 22.2. The highest BCUT2D eigenvalue weighted by Crippen LogP contribution is 2.38. The van der Waals surface area contributed by atoms with Crippen molar-refractivity contribution < 1.29 is 56.7 Å². The molecule has 356 valence electrons. The first-order valence-electron chi connectivity index (χ1n) is 20.8. The molecule has 0 aliphatic carbocycles. The number of nitrogens with one attached hydrogen (secondary N) is 5. The Morgan fingerprint density at radius 1 is 0.765 bits per heavy atom. The SMILES string of the molecule is CC(=O)Nc1ccc(N(C(=O)CNC(=O)CNC(=O)CNC(=O)c2ccc(CCOP(=O)([O-])OCC[N+](C)(C)C)cc2)c2ncc([N+](=O)[O-])c(Nc3ccccc3C(=O)c3ccccc3)n2)cc1. The lowest BCUT2D eigenvalue weighted by atomic mass is 10.0. The summed E-state index contributed by atoms with van der Waals surface area (Å²) in [6.45, 7) is -0.203. The van der Waals surface area contributed by atoms with E-state index < -0.39 is 61.7 Å². The van der Waals surface area contributed by atoms with Gasteiger partial charge in [-0.3, -0.25) is 43.4 Å². The Labute approximate surface area is 390 Å². The van der Waals surface area contributed by atoms with Crippen LogP contribution in [0.3, 0.4) is 0 Å². The first-order chi connectivity index (χ1) is 32.3. The molecule has 0 fully saturated rings. The molecule has 0 saturated heterocycles. The largest absolute Gasteiger partial charge is 0.756 e. The van der Waals surface area contributed by atoms with Crippen LogP contribution in [0, 0.1) is 10.1 Å². The molecular formula is C45H49N10O12P. The van der Waals surface area contributed by atoms with Crippen LogP contribution in [0.4, 0.5) is 34.5 Å². The molecule has 4 aromatic carbocycles. The van der Waals surface area contributed by atoms with E-state index >= 15 is 0 Å². The number of nitrogens with zero attached hydrogens (tertiary/aromatic N) is 5. The monoisotopic (exact) mass is 952 g/mol. The number of ketones is 1. The Kier molecular flexibility index (Phi) is 17.8. The Balaban J connectivity index is 1.19. The van der Waals surface area contributed by atoms with E-state index in [-0.39, 0.29) is 65.6 Å². The van der Waals surface area contributed by atoms with Crippen LogP contribution in [-0.2, 0) is 39.2 Å². The molecule has 1 atom stereocenters. The summed E-state index contributed by atoms with van der Waals surface area (Å²) in [6, 6.07) is 26.7. The van der Waals surface area contributed by atoms with Crippen molar-refractivity contribution >= 4 is 77.7 Å². The molecule has 23 heteroatoms. The zero-order valence-corrected chi connectivity index (χ0v) is 38.3. The van der Waals surface area contributed by atoms with E-state index in [1.807, 2.05) is 21.1 Å². The summed E-state index contributed by atoms with van der Waals surface area (Å²) in [5.74, 6) is -4.43. The van der Waals surface area contributed by atoms with Crippen LogP contribution < -0.4 is 36.4 Å². The van der Waals surface area contributed by atoms with Crippen molar-refractivity contribution in [1.29, 1.82) is 0 Å². The van der Waals surface area contributed by atoms with E-state index in [1.54, 1.807) is 54.6 Å². The average Bonchev–Trinajstić information content (AvgIpc) is 3.29. The number of nitro groups is 1. The number of quaternary nitrogens is 1. The molecule has 1 heterocycles. The van der Waals surface area contributed by atoms with Gasteiger partial charge in [0.05, 0.1) is 63.7 Å². The molecule has 0 saturated carbocycles. The second kappa shape index (κ2) is 23.6. The predicted octanol–water partition coefficient (Wildman–Crippen LogP) is 3.40. The van der Waals surface area contributed by atoms with Crippen molar-refractivity contribution in [2.24, 2.45) is 0 Å². The molecule has 0 spiro atoms. The van der Waals surface area contributed by atoms with Gasteiger partial charge < -0.3 is 45.0 Å². The normalized spacial score (nSPS) is 11.9. The molecule has 5 N–H and O–H groups in total. The van der Waals surface area contributed by atoms with E-state index in [0.29, 0.717) is 27.8 Å². The van der Waals surface area contributed by atoms with E-state index in [0.717, 1.165) is 11.1 Å². The van der Waals surface area contributed by atoms with Crippen LogP contribution in [-0.4, -0.2) is 115 Å². The summed E-state index contributed by atoms with van der Waals surface area (Å²) in [5.41, 5.74) is 1.51. The average molecular weight is 953 g/mol. The summed E-state index contributed by atoms with van der Waals surface area (Å²) in [6.07, 6.45) is 1.09. The quantitative estimate of drug-likeness (QED) is 0.0206. The molecule has 5 amide bonds. The maximum atomic E-state index is 13.9. The molecule has 0 bridgehead atoms. The second-order valence-corrected chi connectivity index (χ2v) is 17.2. The van der Waals surface area contributed by atoms with Gasteiger partial charge in [-0.15, -0.1) is 0 Å². The number of aromatic nitrogens is 2. The molecule has 0 radical (unpaired) electrons. The zero-order valence-electron chi connectivity index (χ0n) is 37.4. The van der Waals surface area contributed by atoms with Crippen molar-refractivity contribution in [1.82, 2.24) is 25.9 Å². The van der Waals surface area contributed by atoms with Crippen LogP contribution in [0.25, 0.3) is 0 Å². The lowest BCUT2D eigenvalue weighted by Gasteiger charge is -2.27. The number of carbonyl (C=O) groups is 6. The van der Waals surface area contributed by atoms with Gasteiger partial charge >= 0.3 is 5.69 Å². The fourth-order valence-electron chi connectivity index (χ4n) is 6.01. The van der Waals surface area contributed by atoms with E-state index in [1.165, 1.54) is 55.5 Å². The van der Waals surface area contributed by atoms with Crippen molar-refractivity contribution in [2.45, 2.75) is 13.3 Å². The van der Waals surface area contributed by atoms with E-state index in [4.69, 9.17) is 9.05 Å². The third-order valence-electron chi connectivity index (χ3n) is 9.47. The molecule has 0 aliphatic heterocycles. The summed E-state index contributed by atoms with van der Waals surface area (Å²) >= 11 is 0. The maximum absolute atomic E-state index is 13.9. The van der Waals surface area contributed by atoms with Gasteiger partial charge in [0.25, 0.3) is 19.6 Å². The Morgan fingerprint density at radius 3 is 2.03 bits per heavy atom. The number of phosphoric ester groups is 1. The minimum atomic E-state index is -4.48. The summed E-state index contributed by atoms with van der Waals surface area (Å²) in [4.78, 5) is 110. The van der Waals surface area contributed by atoms with Gasteiger partial charge in [0.2, 0.25) is 29.5 Å². The van der Waals surface area contributed by atoms with Crippen LogP contribution in [0.15, 0.2) is 109 Å². The molecule has 1 unspecified atom stereocenters. The Bertz CT molecular complexity index is 2680. The summed E-state index contributed by atoms with van der Waals surface area (Å²) in [7, 11) is 1.20. The molecule has 5 aromatic rings. The van der Waals surface area contributed by atoms with E-state index in [2.05, 4.69) is 36.6 Å². The standard InChI is InChI=1S/C45H49N10O12P/c1-30(56)50-34-18-20-35(21-19-34)53(45-49-26-38(54(62)63)43(52-45)51-37-13-9-8-12-36(37)42(60)32-10-6-5-7-11-32)41(59)29-47-39(57)27-46-40(58)28-48-44(61)33-16-14-31(15-17-33)22-24-66-68(64,65)67-25-23-55(2,3)4/h5-21,26H,22-25,27-29H2,1-4H3,(H5-,46,47,48,49,50,51,52,56,57,58,60,61,64,65). The first kappa shape index (κ1) is 51.2. The number of likely N-dealkylation sites (N-methyl/N-ethyl adjacent to an activating group) is 1. The van der Waals surface area contributed by atoms with Crippen molar-refractivity contribution in [3.05, 3.63) is 142 Å². The second-order valence-electron chi connectivity index (χ2n) is 15.8. The van der Waals surface area contributed by atoms with Crippen LogP contribution in [0.1, 0.15) is 38.8 Å². The number of phosphoric acid groups is 1. The van der Waals surface area contributed by atoms with Crippen molar-refractivity contribution in [3.63, 3.8) is 0 Å². The topological polar surface area (TPSA) is 293 Å². The number of amides is 5. The van der Waals surface area contributed by atoms with Gasteiger partial charge in [0.1, 0.15) is 19.3 Å². The predicted molar refractivity (Wildman–Crippen MR) is 247 cm³/mol. The molecule has 68 heavy (non-hydrogen) atoms. The van der Waals surface area contributed by atoms with Crippen LogP contribution >= 0.6 is 7.82 Å². The highest BCUT2D eigenvalue weighted by molar-refractivity contribution is 7.45. The minimum absolute atomic E-state index is 0.0241. The maximum Gasteiger partial charge on any atom is 0.329 e. The smallest absolute Gasteiger partial charge is 0.329 e. The Hall–Kier alpha value is -7.75. The third kappa shape index (κ3) is 15.7. The van der Waals surface area contributed by atoms with Gasteiger partial charge in [0.15, 0.2) is 5.78 Å². The number of anilines is 5. The van der Waals surface area contributed by atoms with E-state index in [9.17, 15) is 48.3 Å². The number of rotatable bonds is 23. The molecular weight excluding hydrogens is 904 g/mol. The fraction of sp³-hybridized carbons (Fsp3) is 0.244.